The van der Waals surface area contributed by atoms with Crippen LogP contribution in [-0.4, -0.2) is 187 Å². The molecule has 3 aliphatic heterocycles. The maximum Gasteiger partial charge on any atom is 0.472 e. The number of aliphatic hydroxyl groups excluding tert-OH is 3. The number of nitrogen functional groups attached to an aromatic ring is 1. The van der Waals surface area contributed by atoms with Crippen LogP contribution in [0.5, 0.6) is 5.75 Å². The van der Waals surface area contributed by atoms with Gasteiger partial charge >= 0.3 is 13.8 Å². The monoisotopic (exact) mass is 1120 g/mol. The summed E-state index contributed by atoms with van der Waals surface area (Å²) in [7, 11) is -4.62. The van der Waals surface area contributed by atoms with Crippen LogP contribution in [0.3, 0.4) is 0 Å². The van der Waals surface area contributed by atoms with Crippen molar-refractivity contribution in [1.82, 2.24) is 34.6 Å². The van der Waals surface area contributed by atoms with E-state index in [1.807, 2.05) is 12.3 Å². The normalized spacial score (nSPS) is 21.8. The first-order valence-electron chi connectivity index (χ1n) is 26.5. The summed E-state index contributed by atoms with van der Waals surface area (Å²) in [6.07, 6.45) is -4.61. The summed E-state index contributed by atoms with van der Waals surface area (Å²) in [5, 5.41) is 49.3. The van der Waals surface area contributed by atoms with Crippen LogP contribution in [-0.2, 0) is 66.8 Å². The van der Waals surface area contributed by atoms with E-state index in [1.54, 1.807) is 6.92 Å². The molecule has 7 atom stereocenters. The number of benzene rings is 2. The number of nitrogens with one attached hydrogen (secondary N) is 3. The van der Waals surface area contributed by atoms with E-state index < -0.39 is 62.9 Å². The largest absolute Gasteiger partial charge is 0.479 e. The molecule has 5 heterocycles. The fourth-order valence-electron chi connectivity index (χ4n) is 9.35. The highest BCUT2D eigenvalue weighted by molar-refractivity contribution is 7.47. The Bertz CT molecular complexity index is 2810. The molecule has 2 aromatic carbocycles. The van der Waals surface area contributed by atoms with E-state index in [0.717, 1.165) is 67.2 Å². The van der Waals surface area contributed by atoms with E-state index in [-0.39, 0.29) is 92.9 Å². The van der Waals surface area contributed by atoms with Crippen molar-refractivity contribution < 1.29 is 77.1 Å². The van der Waals surface area contributed by atoms with Crippen molar-refractivity contribution >= 4 is 65.9 Å². The first-order chi connectivity index (χ1) is 37.8. The second-order valence-corrected chi connectivity index (χ2v) is 21.3. The molecule has 0 saturated carbocycles. The average Bonchev–Trinajstić information content (AvgIpc) is 3.96. The summed E-state index contributed by atoms with van der Waals surface area (Å²) in [6.45, 7) is 10.9. The Morgan fingerprint density at radius 2 is 1.62 bits per heavy atom. The van der Waals surface area contributed by atoms with Crippen LogP contribution < -0.4 is 26.4 Å². The zero-order valence-electron chi connectivity index (χ0n) is 44.7. The molecule has 27 heteroatoms. The third kappa shape index (κ3) is 16.9. The van der Waals surface area contributed by atoms with E-state index in [0.29, 0.717) is 26.2 Å². The van der Waals surface area contributed by atoms with Gasteiger partial charge in [0.15, 0.2) is 11.9 Å². The maximum atomic E-state index is 13.2. The van der Waals surface area contributed by atoms with Gasteiger partial charge in [0.05, 0.1) is 44.2 Å². The van der Waals surface area contributed by atoms with Gasteiger partial charge in [0.1, 0.15) is 29.6 Å². The summed E-state index contributed by atoms with van der Waals surface area (Å²) in [6, 6.07) is 12.5. The van der Waals surface area contributed by atoms with Gasteiger partial charge in [0, 0.05) is 90.3 Å². The number of amides is 4. The first-order valence-corrected chi connectivity index (χ1v) is 28.0. The fraction of sp³-hybridized carbons (Fsp3) is 0.558. The zero-order chi connectivity index (χ0) is 56.8. The summed E-state index contributed by atoms with van der Waals surface area (Å²) < 4.78 is 42.3. The Hall–Kier alpha value is -6.16. The second kappa shape index (κ2) is 28.3. The van der Waals surface area contributed by atoms with Crippen molar-refractivity contribution in [3.05, 3.63) is 70.9 Å². The number of aryl methyl sites for hydroxylation is 1. The number of carboxylic acid groups (broad SMARTS) is 1. The van der Waals surface area contributed by atoms with Crippen molar-refractivity contribution in [2.45, 2.75) is 110 Å². The Kier molecular flexibility index (Phi) is 21.7. The number of nitrogens with zero attached hydrogens (tertiary/aromatic N) is 6. The number of hydrogen-bond donors (Lipinski definition) is 9. The van der Waals surface area contributed by atoms with Gasteiger partial charge in [-0.1, -0.05) is 51.0 Å². The smallest absolute Gasteiger partial charge is 0.472 e. The number of phosphoric acid groups is 1. The lowest BCUT2D eigenvalue weighted by Crippen LogP contribution is -2.61. The van der Waals surface area contributed by atoms with Gasteiger partial charge in [0.25, 0.3) is 0 Å². The first kappa shape index (κ1) is 60.5. The molecule has 0 aliphatic carbocycles. The van der Waals surface area contributed by atoms with Crippen molar-refractivity contribution in [1.29, 1.82) is 0 Å². The van der Waals surface area contributed by atoms with E-state index >= 15 is 0 Å². The third-order valence-corrected chi connectivity index (χ3v) is 14.8. The lowest BCUT2D eigenvalue weighted by Gasteiger charge is -2.38. The van der Waals surface area contributed by atoms with Gasteiger partial charge in [-0.05, 0) is 53.8 Å². The van der Waals surface area contributed by atoms with Gasteiger partial charge in [-0.15, -0.1) is 0 Å². The molecular weight excluding hydrogens is 1050 g/mol. The number of fused-ring (bicyclic) bond motifs is 1. The van der Waals surface area contributed by atoms with E-state index in [9.17, 15) is 53.9 Å². The number of carbonyl (C=O) groups is 5. The van der Waals surface area contributed by atoms with Crippen LogP contribution in [0.2, 0.25) is 0 Å². The van der Waals surface area contributed by atoms with Crippen LogP contribution >= 0.6 is 7.82 Å². The van der Waals surface area contributed by atoms with Gasteiger partial charge in [0.2, 0.25) is 35.9 Å². The number of aliphatic carboxylic acids is 1. The molecule has 432 valence electrons. The molecule has 3 fully saturated rings. The highest BCUT2D eigenvalue weighted by Gasteiger charge is 2.48. The Balaban J connectivity index is 0.860. The number of anilines is 3. The average molecular weight is 1130 g/mol. The Morgan fingerprint density at radius 3 is 2.34 bits per heavy atom. The van der Waals surface area contributed by atoms with Crippen molar-refractivity contribution in [3.8, 4) is 5.75 Å². The van der Waals surface area contributed by atoms with Gasteiger partial charge in [-0.2, -0.15) is 4.98 Å². The molecule has 0 spiro atoms. The number of carboxylic acids is 1. The molecule has 0 bridgehead atoms. The summed E-state index contributed by atoms with van der Waals surface area (Å²) in [5.41, 5.74) is 11.4. The Labute approximate surface area is 457 Å². The lowest BCUT2D eigenvalue weighted by atomic mass is 9.99. The molecule has 79 heavy (non-hydrogen) atoms. The minimum absolute atomic E-state index is 0.00749. The van der Waals surface area contributed by atoms with Crippen LogP contribution in [0, 0.1) is 12.8 Å². The van der Waals surface area contributed by atoms with Crippen molar-refractivity contribution in [2.24, 2.45) is 5.92 Å². The number of carbonyl (C=O) groups excluding carboxylic acids is 4. The number of rotatable bonds is 29. The summed E-state index contributed by atoms with van der Waals surface area (Å²) >= 11 is 0. The number of ether oxygens (including phenoxy) is 3. The molecule has 26 nitrogen and oxygen atoms in total. The highest BCUT2D eigenvalue weighted by atomic mass is 31.2. The number of imide groups is 1. The molecule has 0 radical (unpaired) electrons. The van der Waals surface area contributed by atoms with E-state index in [4.69, 9.17) is 29.0 Å². The molecule has 4 amide bonds. The topological polar surface area (TPSA) is 352 Å². The summed E-state index contributed by atoms with van der Waals surface area (Å²) in [4.78, 5) is 86.6. The third-order valence-electron chi connectivity index (χ3n) is 13.8. The molecule has 3 saturated heterocycles. The van der Waals surface area contributed by atoms with Crippen molar-refractivity contribution in [3.63, 3.8) is 0 Å². The predicted octanol–water partition coefficient (Wildman–Crippen LogP) is 1.94. The van der Waals surface area contributed by atoms with Crippen LogP contribution in [0.4, 0.5) is 17.5 Å². The molecule has 3 aliphatic rings. The molecular formula is C52H73N10O16P. The Morgan fingerprint density at radius 1 is 0.861 bits per heavy atom. The predicted molar refractivity (Wildman–Crippen MR) is 286 cm³/mol. The number of piperazine rings is 1. The van der Waals surface area contributed by atoms with E-state index in [1.165, 1.54) is 34.9 Å². The van der Waals surface area contributed by atoms with Crippen LogP contribution in [0.25, 0.3) is 11.0 Å². The quantitative estimate of drug-likeness (QED) is 0.0213. The SMILES string of the molecule is CCCCCNc1nc(N)nc2ccn(Cc3ccc(CN4CCN(CCOP(=O)(O)OCc5ccc(O[C@@H]6O[C@H](C(=O)O)[C@@H](O)[C@H](O)[C@H]6O)c(NC(=O)CCNC(=O)CCOCCN6C(=O)CC(C)C6=O)c5)CC4)cc3C)c12. The van der Waals surface area contributed by atoms with E-state index in [2.05, 4.69) is 72.3 Å². The van der Waals surface area contributed by atoms with Crippen molar-refractivity contribution in [2.75, 3.05) is 88.5 Å². The highest BCUT2D eigenvalue weighted by Crippen LogP contribution is 2.44. The van der Waals surface area contributed by atoms with Gasteiger partial charge < -0.3 is 65.8 Å². The number of aromatic nitrogens is 3. The summed E-state index contributed by atoms with van der Waals surface area (Å²) in [5.74, 6) is -2.88. The number of hydrogen-bond acceptors (Lipinski definition) is 20. The number of phosphoric ester groups is 1. The standard InChI is InChI=1S/C52H73N10O16P/c1-4-5-6-14-55-48-43-37(57-52(53)58-48)12-16-61(43)30-36-9-7-34(26-32(36)2)29-60-19-17-59(18-20-60)21-25-75-79(72,73)76-31-35-8-10-39(77-51-46(68)44(66)45(67)47(78-51)50(70)71)38(28-35)56-41(64)11-15-54-40(63)13-23-74-24-22-62-42(65)27-33(3)49(62)69/h7-10,12,16,26,28,33,44-47,51,66-68H,4-6,11,13-15,17-25,27,29-31H2,1-3H3,(H,54,63)(H,56,64)(H,70,71)(H,72,73)(H3,53,55,57,58)/t33?,44-,45-,46+,47-,51+/m0/s1. The van der Waals surface area contributed by atoms with Crippen LogP contribution in [0.1, 0.15) is 74.6 Å². The minimum atomic E-state index is -4.62. The number of nitrogens with two attached hydrogens (primary N) is 1. The van der Waals surface area contributed by atoms with Gasteiger partial charge in [-0.25, -0.2) is 14.3 Å². The molecule has 10 N–H and O–H groups in total. The second-order valence-electron chi connectivity index (χ2n) is 19.9. The molecule has 2 aromatic heterocycles. The number of unbranched alkanes of at least 4 members (excludes halogenated alkanes) is 2. The maximum absolute atomic E-state index is 13.2. The lowest BCUT2D eigenvalue weighted by molar-refractivity contribution is -0.271. The molecule has 4 aromatic rings. The molecule has 2 unspecified atom stereocenters. The minimum Gasteiger partial charge on any atom is -0.479 e. The number of aliphatic hydroxyl groups is 3. The molecule has 7 rings (SSSR count). The number of likely N-dealkylation sites (tertiary alicyclic amines) is 1. The van der Waals surface area contributed by atoms with Gasteiger partial charge in [-0.3, -0.25) is 42.9 Å². The fourth-order valence-corrected chi connectivity index (χ4v) is 10.1. The van der Waals surface area contributed by atoms with Crippen LogP contribution in [0.15, 0.2) is 48.7 Å². The zero-order valence-corrected chi connectivity index (χ0v) is 45.6.